The Balaban J connectivity index is 2.22. The molecule has 1 saturated carbocycles. The van der Waals surface area contributed by atoms with Gasteiger partial charge in [-0.05, 0) is 18.1 Å². The van der Waals surface area contributed by atoms with Gasteiger partial charge in [-0.15, -0.1) is 0 Å². The Morgan fingerprint density at radius 1 is 1.28 bits per heavy atom. The number of benzene rings is 1. The molecule has 1 heterocycles. The molecule has 0 radical (unpaired) electrons. The number of para-hydroxylation sites is 1. The Hall–Kier alpha value is -2.17. The number of ketones is 1. The van der Waals surface area contributed by atoms with Crippen LogP contribution in [-0.4, -0.2) is 17.7 Å². The fraction of sp³-hybridized carbons (Fsp3) is 0.308. The van der Waals surface area contributed by atoms with Crippen LogP contribution in [0.1, 0.15) is 24.8 Å². The molecule has 92 valence electrons. The number of Topliss-reactive ketones (excluding diaryl/α,β-unsaturated/α-hetero) is 1. The van der Waals surface area contributed by atoms with Crippen molar-refractivity contribution in [3.8, 4) is 0 Å². The molecule has 1 spiro atoms. The molecular weight excluding hydrogens is 232 g/mol. The third kappa shape index (κ3) is 1.19. The third-order valence-electron chi connectivity index (χ3n) is 3.82. The molecule has 0 unspecified atom stereocenters. The number of hydrogen-bond acceptors (Lipinski definition) is 3. The number of hydrogen-bond donors (Lipinski definition) is 1. The fourth-order valence-electron chi connectivity index (χ4n) is 3.01. The van der Waals surface area contributed by atoms with Gasteiger partial charge in [-0.3, -0.25) is 9.59 Å². The minimum absolute atomic E-state index is 0.0597. The average molecular weight is 244 g/mol. The van der Waals surface area contributed by atoms with Crippen LogP contribution in [0.2, 0.25) is 0 Å². The number of anilines is 1. The van der Waals surface area contributed by atoms with Gasteiger partial charge in [0.1, 0.15) is 5.78 Å². The van der Waals surface area contributed by atoms with E-state index in [0.717, 1.165) is 10.5 Å². The van der Waals surface area contributed by atoms with Crippen LogP contribution >= 0.6 is 0 Å². The molecule has 1 atom stereocenters. The van der Waals surface area contributed by atoms with E-state index in [1.165, 1.54) is 0 Å². The second-order valence-electron chi connectivity index (χ2n) is 4.79. The van der Waals surface area contributed by atoms with E-state index >= 15 is 0 Å². The summed E-state index contributed by atoms with van der Waals surface area (Å²) >= 11 is 0. The Bertz CT molecular complexity index is 581. The van der Waals surface area contributed by atoms with Crippen LogP contribution in [0.25, 0.3) is 0 Å². The van der Waals surface area contributed by atoms with Gasteiger partial charge >= 0.3 is 6.03 Å². The summed E-state index contributed by atoms with van der Waals surface area (Å²) in [6.07, 6.45) is 1.02. The van der Waals surface area contributed by atoms with Crippen LogP contribution in [0.5, 0.6) is 0 Å². The first-order valence-electron chi connectivity index (χ1n) is 5.81. The number of carbonyl (C=O) groups is 3. The minimum Gasteiger partial charge on any atom is -0.351 e. The van der Waals surface area contributed by atoms with Crippen LogP contribution in [0, 0.1) is 0 Å². The van der Waals surface area contributed by atoms with Crippen molar-refractivity contribution < 1.29 is 14.4 Å². The summed E-state index contributed by atoms with van der Waals surface area (Å²) in [6, 6.07) is 6.26. The molecule has 1 aliphatic heterocycles. The van der Waals surface area contributed by atoms with Gasteiger partial charge < -0.3 is 5.73 Å². The Labute approximate surface area is 104 Å². The molecule has 1 aromatic carbocycles. The number of imide groups is 1. The van der Waals surface area contributed by atoms with Crippen LogP contribution in [0.3, 0.4) is 0 Å². The maximum Gasteiger partial charge on any atom is 0.326 e. The topological polar surface area (TPSA) is 80.5 Å². The molecule has 5 heteroatoms. The summed E-state index contributed by atoms with van der Waals surface area (Å²) < 4.78 is 0. The summed E-state index contributed by atoms with van der Waals surface area (Å²) in [5, 5.41) is 0. The van der Waals surface area contributed by atoms with E-state index in [2.05, 4.69) is 0 Å². The Kier molecular flexibility index (Phi) is 2.08. The predicted octanol–water partition coefficient (Wildman–Crippen LogP) is 1.10. The molecule has 2 N–H and O–H groups in total. The Morgan fingerprint density at radius 3 is 2.61 bits per heavy atom. The van der Waals surface area contributed by atoms with Crippen LogP contribution in [-0.2, 0) is 15.0 Å². The molecule has 1 fully saturated rings. The summed E-state index contributed by atoms with van der Waals surface area (Å²) in [5.74, 6) is -0.300. The lowest BCUT2D eigenvalue weighted by Crippen LogP contribution is -2.44. The molecule has 3 amide bonds. The zero-order valence-corrected chi connectivity index (χ0v) is 9.68. The highest BCUT2D eigenvalue weighted by Crippen LogP contribution is 2.49. The summed E-state index contributed by atoms with van der Waals surface area (Å²) in [4.78, 5) is 36.4. The maximum atomic E-state index is 12.4. The zero-order valence-electron chi connectivity index (χ0n) is 9.68. The molecule has 0 aromatic heterocycles. The van der Waals surface area contributed by atoms with Crippen molar-refractivity contribution in [1.82, 2.24) is 0 Å². The number of amides is 3. The molecular formula is C13H12N2O3. The van der Waals surface area contributed by atoms with E-state index in [4.69, 9.17) is 5.73 Å². The van der Waals surface area contributed by atoms with Crippen molar-refractivity contribution in [1.29, 1.82) is 0 Å². The van der Waals surface area contributed by atoms with Crippen molar-refractivity contribution in [3.05, 3.63) is 29.8 Å². The summed E-state index contributed by atoms with van der Waals surface area (Å²) in [5.41, 5.74) is 5.68. The lowest BCUT2D eigenvalue weighted by atomic mass is 9.80. The number of nitrogens with two attached hydrogens (primary N) is 1. The second kappa shape index (κ2) is 3.41. The highest BCUT2D eigenvalue weighted by molar-refractivity contribution is 6.23. The van der Waals surface area contributed by atoms with Crippen molar-refractivity contribution in [3.63, 3.8) is 0 Å². The standard InChI is InChI=1S/C13H12N2O3/c14-12(18)15-10-4-2-1-3-9(10)13(11(15)17)6-5-8(16)7-13/h1-4H,5-7H2,(H2,14,18)/t13-/m0/s1. The monoisotopic (exact) mass is 244 g/mol. The van der Waals surface area contributed by atoms with Gasteiger partial charge in [0.05, 0.1) is 11.1 Å². The van der Waals surface area contributed by atoms with Gasteiger partial charge in [-0.1, -0.05) is 18.2 Å². The van der Waals surface area contributed by atoms with Crippen LogP contribution in [0.4, 0.5) is 10.5 Å². The number of carbonyl (C=O) groups excluding carboxylic acids is 3. The number of rotatable bonds is 0. The average Bonchev–Trinajstić information content (AvgIpc) is 2.82. The van der Waals surface area contributed by atoms with E-state index in [9.17, 15) is 14.4 Å². The first kappa shape index (κ1) is 11.0. The molecule has 2 aliphatic rings. The molecule has 0 bridgehead atoms. The van der Waals surface area contributed by atoms with Gasteiger partial charge in [0.15, 0.2) is 0 Å². The van der Waals surface area contributed by atoms with Gasteiger partial charge in [0.2, 0.25) is 5.91 Å². The number of primary amides is 1. The highest BCUT2D eigenvalue weighted by Gasteiger charge is 2.55. The van der Waals surface area contributed by atoms with Gasteiger partial charge in [0.25, 0.3) is 0 Å². The highest BCUT2D eigenvalue weighted by atomic mass is 16.2. The van der Waals surface area contributed by atoms with E-state index in [1.54, 1.807) is 24.3 Å². The van der Waals surface area contributed by atoms with Crippen molar-refractivity contribution >= 4 is 23.4 Å². The van der Waals surface area contributed by atoms with E-state index in [-0.39, 0.29) is 18.1 Å². The van der Waals surface area contributed by atoms with Crippen molar-refractivity contribution in [2.45, 2.75) is 24.7 Å². The van der Waals surface area contributed by atoms with Crippen molar-refractivity contribution in [2.24, 2.45) is 5.73 Å². The number of urea groups is 1. The fourth-order valence-corrected chi connectivity index (χ4v) is 3.01. The molecule has 0 saturated heterocycles. The smallest absolute Gasteiger partial charge is 0.326 e. The lowest BCUT2D eigenvalue weighted by molar-refractivity contribution is -0.124. The van der Waals surface area contributed by atoms with Gasteiger partial charge in [-0.25, -0.2) is 9.69 Å². The second-order valence-corrected chi connectivity index (χ2v) is 4.79. The Morgan fingerprint density at radius 2 is 2.00 bits per heavy atom. The summed E-state index contributed by atoms with van der Waals surface area (Å²) in [6.45, 7) is 0. The molecule has 1 aromatic rings. The third-order valence-corrected chi connectivity index (χ3v) is 3.82. The quantitative estimate of drug-likeness (QED) is 0.742. The van der Waals surface area contributed by atoms with E-state index in [0.29, 0.717) is 18.5 Å². The normalized spacial score (nSPS) is 25.9. The van der Waals surface area contributed by atoms with E-state index in [1.807, 2.05) is 0 Å². The van der Waals surface area contributed by atoms with Gasteiger partial charge in [0, 0.05) is 12.8 Å². The zero-order chi connectivity index (χ0) is 12.9. The maximum absolute atomic E-state index is 12.4. The van der Waals surface area contributed by atoms with Crippen LogP contribution in [0.15, 0.2) is 24.3 Å². The SMILES string of the molecule is NC(=O)N1C(=O)[C@]2(CCC(=O)C2)c2ccccc21. The first-order valence-corrected chi connectivity index (χ1v) is 5.81. The van der Waals surface area contributed by atoms with Crippen LogP contribution < -0.4 is 10.6 Å². The van der Waals surface area contributed by atoms with E-state index < -0.39 is 11.4 Å². The lowest BCUT2D eigenvalue weighted by Gasteiger charge is -2.20. The first-order chi connectivity index (χ1) is 8.56. The van der Waals surface area contributed by atoms with Crippen molar-refractivity contribution in [2.75, 3.05) is 4.90 Å². The molecule has 5 nitrogen and oxygen atoms in total. The minimum atomic E-state index is -0.858. The number of fused-ring (bicyclic) bond motifs is 2. The molecule has 18 heavy (non-hydrogen) atoms. The largest absolute Gasteiger partial charge is 0.351 e. The predicted molar refractivity (Wildman–Crippen MR) is 64.0 cm³/mol. The van der Waals surface area contributed by atoms with Gasteiger partial charge in [-0.2, -0.15) is 0 Å². The molecule has 1 aliphatic carbocycles. The summed E-state index contributed by atoms with van der Waals surface area (Å²) in [7, 11) is 0. The number of nitrogens with zero attached hydrogens (tertiary/aromatic N) is 1. The molecule has 3 rings (SSSR count).